The minimum atomic E-state index is 0. The van der Waals surface area contributed by atoms with Gasteiger partial charge in [0.2, 0.25) is 0 Å². The van der Waals surface area contributed by atoms with Crippen LogP contribution in [-0.4, -0.2) is 13.1 Å². The molecule has 0 amide bonds. The van der Waals surface area contributed by atoms with Gasteiger partial charge in [-0.25, -0.2) is 0 Å². The van der Waals surface area contributed by atoms with Crippen LogP contribution in [0.5, 0.6) is 0 Å². The average Bonchev–Trinajstić information content (AvgIpc) is 2.16. The Morgan fingerprint density at radius 3 is 1.43 bits per heavy atom. The van der Waals surface area contributed by atoms with Crippen LogP contribution < -0.4 is 11.5 Å². The standard InChI is InChI=1S/C12H27N.H3N/c1-3-5-7-9-11-13-12-10-8-6-4-2;/h13H,3-12H2,1-2H3;1H3. The number of hydrogen-bond acceptors (Lipinski definition) is 2. The van der Waals surface area contributed by atoms with Gasteiger partial charge in [-0.05, 0) is 25.9 Å². The second-order valence-corrected chi connectivity index (χ2v) is 3.87. The van der Waals surface area contributed by atoms with Crippen molar-refractivity contribution < 1.29 is 0 Å². The lowest BCUT2D eigenvalue weighted by Crippen LogP contribution is -2.16. The Kier molecular flexibility index (Phi) is 18.0. The van der Waals surface area contributed by atoms with Gasteiger partial charge in [-0.1, -0.05) is 52.4 Å². The Morgan fingerprint density at radius 2 is 1.07 bits per heavy atom. The van der Waals surface area contributed by atoms with Gasteiger partial charge in [-0.15, -0.1) is 0 Å². The van der Waals surface area contributed by atoms with E-state index in [1.807, 2.05) is 0 Å². The molecule has 2 heteroatoms. The van der Waals surface area contributed by atoms with Crippen LogP contribution in [0.2, 0.25) is 0 Å². The van der Waals surface area contributed by atoms with Crippen LogP contribution in [0.1, 0.15) is 65.2 Å². The Morgan fingerprint density at radius 1 is 0.643 bits per heavy atom. The molecule has 0 atom stereocenters. The van der Waals surface area contributed by atoms with E-state index in [0.29, 0.717) is 0 Å². The van der Waals surface area contributed by atoms with Gasteiger partial charge >= 0.3 is 0 Å². The van der Waals surface area contributed by atoms with E-state index in [9.17, 15) is 0 Å². The van der Waals surface area contributed by atoms with Gasteiger partial charge in [-0.2, -0.15) is 0 Å². The molecule has 0 spiro atoms. The molecule has 4 N–H and O–H groups in total. The van der Waals surface area contributed by atoms with Gasteiger partial charge in [0.25, 0.3) is 0 Å². The SMILES string of the molecule is CCCCCCNCCCCCC.N. The molecule has 0 aliphatic rings. The molecule has 0 aromatic heterocycles. The lowest BCUT2D eigenvalue weighted by atomic mass is 10.2. The first-order valence-electron chi connectivity index (χ1n) is 6.12. The van der Waals surface area contributed by atoms with E-state index in [2.05, 4.69) is 19.2 Å². The number of hydrogen-bond donors (Lipinski definition) is 2. The summed E-state index contributed by atoms with van der Waals surface area (Å²) in [5.41, 5.74) is 0. The molecule has 88 valence electrons. The summed E-state index contributed by atoms with van der Waals surface area (Å²) in [6.45, 7) is 6.98. The molecule has 0 saturated carbocycles. The fraction of sp³-hybridized carbons (Fsp3) is 1.00. The molecule has 0 heterocycles. The number of nitrogens with one attached hydrogen (secondary N) is 1. The fourth-order valence-electron chi connectivity index (χ4n) is 1.48. The zero-order valence-electron chi connectivity index (χ0n) is 10.3. The van der Waals surface area contributed by atoms with Crippen LogP contribution in [0, 0.1) is 0 Å². The number of rotatable bonds is 10. The van der Waals surface area contributed by atoms with Gasteiger partial charge < -0.3 is 11.5 Å². The van der Waals surface area contributed by atoms with E-state index < -0.39 is 0 Å². The van der Waals surface area contributed by atoms with Gasteiger partial charge in [-0.3, -0.25) is 0 Å². The minimum Gasteiger partial charge on any atom is -0.344 e. The highest BCUT2D eigenvalue weighted by molar-refractivity contribution is 4.49. The summed E-state index contributed by atoms with van der Waals surface area (Å²) in [7, 11) is 0. The van der Waals surface area contributed by atoms with Crippen molar-refractivity contribution in [3.05, 3.63) is 0 Å². The van der Waals surface area contributed by atoms with Crippen molar-refractivity contribution in [3.63, 3.8) is 0 Å². The molecule has 0 aliphatic heterocycles. The highest BCUT2D eigenvalue weighted by Crippen LogP contribution is 1.98. The zero-order valence-corrected chi connectivity index (χ0v) is 10.3. The maximum atomic E-state index is 3.50. The fourth-order valence-corrected chi connectivity index (χ4v) is 1.48. The molecule has 14 heavy (non-hydrogen) atoms. The van der Waals surface area contributed by atoms with E-state index in [1.165, 1.54) is 64.5 Å². The van der Waals surface area contributed by atoms with Crippen molar-refractivity contribution >= 4 is 0 Å². The van der Waals surface area contributed by atoms with Crippen molar-refractivity contribution in [1.82, 2.24) is 11.5 Å². The summed E-state index contributed by atoms with van der Waals surface area (Å²) in [4.78, 5) is 0. The highest BCUT2D eigenvalue weighted by atomic mass is 14.8. The summed E-state index contributed by atoms with van der Waals surface area (Å²) in [5, 5.41) is 3.50. The summed E-state index contributed by atoms with van der Waals surface area (Å²) in [6, 6.07) is 0. The second kappa shape index (κ2) is 15.4. The molecular weight excluding hydrogens is 172 g/mol. The zero-order chi connectivity index (χ0) is 9.78. The highest BCUT2D eigenvalue weighted by Gasteiger charge is 1.89. The topological polar surface area (TPSA) is 47.0 Å². The van der Waals surface area contributed by atoms with Crippen molar-refractivity contribution in [2.75, 3.05) is 13.1 Å². The van der Waals surface area contributed by atoms with Gasteiger partial charge in [0.05, 0.1) is 0 Å². The largest absolute Gasteiger partial charge is 0.344 e. The van der Waals surface area contributed by atoms with Crippen LogP contribution in [0.15, 0.2) is 0 Å². The van der Waals surface area contributed by atoms with E-state index in [1.54, 1.807) is 0 Å². The van der Waals surface area contributed by atoms with Gasteiger partial charge in [0.15, 0.2) is 0 Å². The molecule has 0 radical (unpaired) electrons. The van der Waals surface area contributed by atoms with Crippen LogP contribution >= 0.6 is 0 Å². The molecule has 2 nitrogen and oxygen atoms in total. The first-order valence-corrected chi connectivity index (χ1v) is 6.12. The molecule has 0 aliphatic carbocycles. The molecular formula is C12H30N2. The predicted octanol–water partition coefficient (Wildman–Crippen LogP) is 3.90. The predicted molar refractivity (Wildman–Crippen MR) is 66.2 cm³/mol. The summed E-state index contributed by atoms with van der Waals surface area (Å²) in [6.07, 6.45) is 11.0. The van der Waals surface area contributed by atoms with Gasteiger partial charge in [0, 0.05) is 0 Å². The monoisotopic (exact) mass is 202 g/mol. The van der Waals surface area contributed by atoms with Crippen LogP contribution in [0.3, 0.4) is 0 Å². The van der Waals surface area contributed by atoms with Crippen molar-refractivity contribution in [2.45, 2.75) is 65.2 Å². The molecule has 0 saturated heterocycles. The Balaban J connectivity index is 0. The lowest BCUT2D eigenvalue weighted by Gasteiger charge is -2.03. The first-order chi connectivity index (χ1) is 6.41. The quantitative estimate of drug-likeness (QED) is 0.528. The lowest BCUT2D eigenvalue weighted by molar-refractivity contribution is 0.564. The van der Waals surface area contributed by atoms with Crippen molar-refractivity contribution in [3.8, 4) is 0 Å². The summed E-state index contributed by atoms with van der Waals surface area (Å²) in [5.74, 6) is 0. The van der Waals surface area contributed by atoms with E-state index >= 15 is 0 Å². The van der Waals surface area contributed by atoms with Crippen LogP contribution in [0.25, 0.3) is 0 Å². The van der Waals surface area contributed by atoms with Crippen molar-refractivity contribution in [1.29, 1.82) is 0 Å². The molecule has 0 bridgehead atoms. The normalized spacial score (nSPS) is 9.86. The molecule has 0 aromatic carbocycles. The number of unbranched alkanes of at least 4 members (excludes halogenated alkanes) is 6. The smallest absolute Gasteiger partial charge is 0.00489 e. The maximum Gasteiger partial charge on any atom is -0.00489 e. The van der Waals surface area contributed by atoms with E-state index in [4.69, 9.17) is 0 Å². The molecule has 0 rings (SSSR count). The third-order valence-electron chi connectivity index (χ3n) is 2.41. The Labute approximate surface area is 90.4 Å². The van der Waals surface area contributed by atoms with Crippen LogP contribution in [0.4, 0.5) is 0 Å². The summed E-state index contributed by atoms with van der Waals surface area (Å²) >= 11 is 0. The van der Waals surface area contributed by atoms with Crippen LogP contribution in [-0.2, 0) is 0 Å². The molecule has 0 fully saturated rings. The molecule has 0 unspecified atom stereocenters. The second-order valence-electron chi connectivity index (χ2n) is 3.87. The average molecular weight is 202 g/mol. The van der Waals surface area contributed by atoms with Crippen molar-refractivity contribution in [2.24, 2.45) is 0 Å². The summed E-state index contributed by atoms with van der Waals surface area (Å²) < 4.78 is 0. The maximum absolute atomic E-state index is 3.50. The Hall–Kier alpha value is -0.0800. The Bertz CT molecular complexity index is 74.4. The molecule has 0 aromatic rings. The minimum absolute atomic E-state index is 0. The first kappa shape index (κ1) is 16.4. The third kappa shape index (κ3) is 14.4. The van der Waals surface area contributed by atoms with E-state index in [0.717, 1.165) is 0 Å². The van der Waals surface area contributed by atoms with E-state index in [-0.39, 0.29) is 6.15 Å². The third-order valence-corrected chi connectivity index (χ3v) is 2.41. The van der Waals surface area contributed by atoms with Gasteiger partial charge in [0.1, 0.15) is 0 Å².